The second-order valence-electron chi connectivity index (χ2n) is 6.15. The van der Waals surface area contributed by atoms with Gasteiger partial charge in [0, 0.05) is 23.7 Å². The van der Waals surface area contributed by atoms with E-state index in [1.807, 2.05) is 0 Å². The van der Waals surface area contributed by atoms with Crippen LogP contribution in [0.5, 0.6) is 0 Å². The SMILES string of the molecule is COC(=O)c1ccc2c(c1)CCN2C(=O)CCS(=O)(=O)c1ccc(Cl)cc1. The summed E-state index contributed by atoms with van der Waals surface area (Å²) < 4.78 is 29.5. The van der Waals surface area contributed by atoms with Gasteiger partial charge in [0.2, 0.25) is 5.91 Å². The van der Waals surface area contributed by atoms with Crippen molar-refractivity contribution in [2.75, 3.05) is 24.3 Å². The van der Waals surface area contributed by atoms with Crippen molar-refractivity contribution in [3.8, 4) is 0 Å². The third-order valence-electron chi connectivity index (χ3n) is 4.45. The van der Waals surface area contributed by atoms with Crippen molar-refractivity contribution in [1.82, 2.24) is 0 Å². The Labute approximate surface area is 162 Å². The fourth-order valence-electron chi connectivity index (χ4n) is 3.02. The molecule has 2 aromatic carbocycles. The molecular weight excluding hydrogens is 390 g/mol. The van der Waals surface area contributed by atoms with Gasteiger partial charge in [0.25, 0.3) is 0 Å². The number of carbonyl (C=O) groups excluding carboxylic acids is 2. The Bertz CT molecular complexity index is 986. The highest BCUT2D eigenvalue weighted by Crippen LogP contribution is 2.30. The zero-order valence-corrected chi connectivity index (χ0v) is 16.2. The smallest absolute Gasteiger partial charge is 0.337 e. The van der Waals surface area contributed by atoms with Crippen molar-refractivity contribution >= 4 is 39.0 Å². The lowest BCUT2D eigenvalue weighted by atomic mass is 10.1. The quantitative estimate of drug-likeness (QED) is 0.712. The third kappa shape index (κ3) is 4.14. The Kier molecular flexibility index (Phi) is 5.53. The molecule has 3 rings (SSSR count). The third-order valence-corrected chi connectivity index (χ3v) is 6.44. The summed E-state index contributed by atoms with van der Waals surface area (Å²) in [7, 11) is -2.26. The van der Waals surface area contributed by atoms with E-state index < -0.39 is 15.8 Å². The maximum absolute atomic E-state index is 12.6. The summed E-state index contributed by atoms with van der Waals surface area (Å²) in [5.41, 5.74) is 2.00. The minimum Gasteiger partial charge on any atom is -0.465 e. The van der Waals surface area contributed by atoms with Crippen molar-refractivity contribution in [3.05, 3.63) is 58.6 Å². The van der Waals surface area contributed by atoms with Crippen molar-refractivity contribution in [2.24, 2.45) is 0 Å². The van der Waals surface area contributed by atoms with E-state index in [1.54, 1.807) is 23.1 Å². The molecule has 0 bridgehead atoms. The monoisotopic (exact) mass is 407 g/mol. The predicted octanol–water partition coefficient (Wildman–Crippen LogP) is 2.88. The predicted molar refractivity (Wildman–Crippen MR) is 102 cm³/mol. The Balaban J connectivity index is 1.70. The molecule has 1 aliphatic heterocycles. The highest BCUT2D eigenvalue weighted by atomic mass is 35.5. The van der Waals surface area contributed by atoms with Crippen LogP contribution in [0.2, 0.25) is 5.02 Å². The van der Waals surface area contributed by atoms with Gasteiger partial charge in [-0.2, -0.15) is 0 Å². The number of halogens is 1. The molecular formula is C19H18ClNO5S. The zero-order chi connectivity index (χ0) is 19.6. The topological polar surface area (TPSA) is 80.8 Å². The molecule has 0 unspecified atom stereocenters. The van der Waals surface area contributed by atoms with E-state index in [-0.39, 0.29) is 23.0 Å². The van der Waals surface area contributed by atoms with Crippen LogP contribution in [-0.2, 0) is 25.8 Å². The van der Waals surface area contributed by atoms with E-state index in [0.29, 0.717) is 29.2 Å². The molecule has 0 N–H and O–H groups in total. The molecule has 0 spiro atoms. The van der Waals surface area contributed by atoms with E-state index in [1.165, 1.54) is 31.4 Å². The molecule has 142 valence electrons. The number of ether oxygens (including phenoxy) is 1. The number of anilines is 1. The van der Waals surface area contributed by atoms with Crippen LogP contribution >= 0.6 is 11.6 Å². The summed E-state index contributed by atoms with van der Waals surface area (Å²) in [6, 6.07) is 10.9. The van der Waals surface area contributed by atoms with E-state index in [9.17, 15) is 18.0 Å². The number of nitrogens with zero attached hydrogens (tertiary/aromatic N) is 1. The lowest BCUT2D eigenvalue weighted by Gasteiger charge is -2.17. The summed E-state index contributed by atoms with van der Waals surface area (Å²) >= 11 is 5.78. The maximum atomic E-state index is 12.6. The van der Waals surface area contributed by atoms with Gasteiger partial charge in [0.05, 0.1) is 23.3 Å². The van der Waals surface area contributed by atoms with Gasteiger partial charge in [-0.3, -0.25) is 4.79 Å². The molecule has 6 nitrogen and oxygen atoms in total. The van der Waals surface area contributed by atoms with Crippen LogP contribution in [0.3, 0.4) is 0 Å². The normalized spacial score (nSPS) is 13.3. The van der Waals surface area contributed by atoms with Crippen LogP contribution < -0.4 is 4.90 Å². The summed E-state index contributed by atoms with van der Waals surface area (Å²) in [4.78, 5) is 25.9. The Morgan fingerprint density at radius 1 is 1.15 bits per heavy atom. The summed E-state index contributed by atoms with van der Waals surface area (Å²) in [6.07, 6.45) is 0.485. The molecule has 1 amide bonds. The average molecular weight is 408 g/mol. The second kappa shape index (κ2) is 7.70. The number of benzene rings is 2. The second-order valence-corrected chi connectivity index (χ2v) is 8.70. The number of rotatable bonds is 5. The number of hydrogen-bond donors (Lipinski definition) is 0. The number of amides is 1. The first-order valence-electron chi connectivity index (χ1n) is 8.32. The Hall–Kier alpha value is -2.38. The van der Waals surface area contributed by atoms with Crippen molar-refractivity contribution in [3.63, 3.8) is 0 Å². The largest absolute Gasteiger partial charge is 0.465 e. The van der Waals surface area contributed by atoms with Crippen LogP contribution in [0.1, 0.15) is 22.3 Å². The van der Waals surface area contributed by atoms with Crippen molar-refractivity contribution < 1.29 is 22.7 Å². The Morgan fingerprint density at radius 3 is 2.52 bits per heavy atom. The van der Waals surface area contributed by atoms with E-state index in [4.69, 9.17) is 16.3 Å². The first-order chi connectivity index (χ1) is 12.8. The molecule has 0 saturated heterocycles. The van der Waals surface area contributed by atoms with Crippen LogP contribution in [0.25, 0.3) is 0 Å². The van der Waals surface area contributed by atoms with E-state index in [2.05, 4.69) is 0 Å². The summed E-state index contributed by atoms with van der Waals surface area (Å²) in [5.74, 6) is -0.978. The molecule has 0 radical (unpaired) electrons. The van der Waals surface area contributed by atoms with Crippen LogP contribution in [0.4, 0.5) is 5.69 Å². The summed E-state index contributed by atoms with van der Waals surface area (Å²) in [5, 5.41) is 0.449. The lowest BCUT2D eigenvalue weighted by molar-refractivity contribution is -0.118. The molecule has 0 atom stereocenters. The molecule has 0 fully saturated rings. The number of esters is 1. The first-order valence-corrected chi connectivity index (χ1v) is 10.3. The fraction of sp³-hybridized carbons (Fsp3) is 0.263. The van der Waals surface area contributed by atoms with Crippen molar-refractivity contribution in [2.45, 2.75) is 17.7 Å². The van der Waals surface area contributed by atoms with Gasteiger partial charge >= 0.3 is 5.97 Å². The Morgan fingerprint density at radius 2 is 1.85 bits per heavy atom. The molecule has 1 heterocycles. The first kappa shape index (κ1) is 19.4. The molecule has 1 aliphatic rings. The minimum absolute atomic E-state index is 0.122. The number of fused-ring (bicyclic) bond motifs is 1. The van der Waals surface area contributed by atoms with Gasteiger partial charge in [-0.1, -0.05) is 11.6 Å². The van der Waals surface area contributed by atoms with Crippen LogP contribution in [0, 0.1) is 0 Å². The molecule has 0 aliphatic carbocycles. The van der Waals surface area contributed by atoms with Gasteiger partial charge in [-0.15, -0.1) is 0 Å². The molecule has 2 aromatic rings. The zero-order valence-electron chi connectivity index (χ0n) is 14.6. The van der Waals surface area contributed by atoms with E-state index in [0.717, 1.165) is 5.56 Å². The fourth-order valence-corrected chi connectivity index (χ4v) is 4.38. The van der Waals surface area contributed by atoms with Gasteiger partial charge in [0.1, 0.15) is 0 Å². The number of sulfone groups is 1. The van der Waals surface area contributed by atoms with Crippen molar-refractivity contribution in [1.29, 1.82) is 0 Å². The average Bonchev–Trinajstić information content (AvgIpc) is 3.09. The van der Waals surface area contributed by atoms with Crippen LogP contribution in [-0.4, -0.2) is 39.7 Å². The minimum atomic E-state index is -3.57. The molecule has 8 heteroatoms. The number of hydrogen-bond acceptors (Lipinski definition) is 5. The van der Waals surface area contributed by atoms with E-state index >= 15 is 0 Å². The molecule has 0 saturated carbocycles. The highest BCUT2D eigenvalue weighted by Gasteiger charge is 2.27. The van der Waals surface area contributed by atoms with Gasteiger partial charge in [-0.05, 0) is 54.4 Å². The number of methoxy groups -OCH3 is 1. The molecule has 0 aromatic heterocycles. The van der Waals surface area contributed by atoms with Gasteiger partial charge in [-0.25, -0.2) is 13.2 Å². The number of carbonyl (C=O) groups is 2. The summed E-state index contributed by atoms with van der Waals surface area (Å²) in [6.45, 7) is 0.458. The highest BCUT2D eigenvalue weighted by molar-refractivity contribution is 7.91. The van der Waals surface area contributed by atoms with Gasteiger partial charge in [0.15, 0.2) is 9.84 Å². The lowest BCUT2D eigenvalue weighted by Crippen LogP contribution is -2.30. The maximum Gasteiger partial charge on any atom is 0.337 e. The van der Waals surface area contributed by atoms with Gasteiger partial charge < -0.3 is 9.64 Å². The standard InChI is InChI=1S/C19H18ClNO5S/c1-26-19(23)14-2-7-17-13(12-14)8-10-21(17)18(22)9-11-27(24,25)16-5-3-15(20)4-6-16/h2-7,12H,8-11H2,1H3. The molecule has 27 heavy (non-hydrogen) atoms. The van der Waals surface area contributed by atoms with Crippen LogP contribution in [0.15, 0.2) is 47.4 Å².